The lowest BCUT2D eigenvalue weighted by atomic mass is 9.89. The molecule has 1 aromatic carbocycles. The monoisotopic (exact) mass is 299 g/mol. The van der Waals surface area contributed by atoms with Gasteiger partial charge in [0, 0.05) is 11.5 Å². The van der Waals surface area contributed by atoms with Crippen molar-refractivity contribution in [2.45, 2.75) is 45.6 Å². The van der Waals surface area contributed by atoms with Crippen LogP contribution < -0.4 is 5.32 Å². The lowest BCUT2D eigenvalue weighted by molar-refractivity contribution is -0.126. The van der Waals surface area contributed by atoms with Crippen LogP contribution in [0.15, 0.2) is 28.8 Å². The Kier molecular flexibility index (Phi) is 4.51. The van der Waals surface area contributed by atoms with E-state index in [4.69, 9.17) is 4.52 Å². The molecule has 1 aliphatic rings. The number of aromatic nitrogens is 2. The summed E-state index contributed by atoms with van der Waals surface area (Å²) in [5.41, 5.74) is 2.10. The van der Waals surface area contributed by atoms with Gasteiger partial charge >= 0.3 is 0 Å². The van der Waals surface area contributed by atoms with Crippen LogP contribution in [0.5, 0.6) is 0 Å². The summed E-state index contributed by atoms with van der Waals surface area (Å²) in [7, 11) is 0. The van der Waals surface area contributed by atoms with Crippen molar-refractivity contribution in [1.29, 1.82) is 0 Å². The van der Waals surface area contributed by atoms with Gasteiger partial charge in [0.05, 0.1) is 6.54 Å². The van der Waals surface area contributed by atoms with Crippen LogP contribution in [0, 0.1) is 12.8 Å². The SMILES string of the molecule is Cc1ccc(-c2noc(CNC(=O)C3CCCCC3)n2)cc1. The van der Waals surface area contributed by atoms with E-state index < -0.39 is 0 Å². The van der Waals surface area contributed by atoms with Gasteiger partial charge in [-0.2, -0.15) is 4.98 Å². The summed E-state index contributed by atoms with van der Waals surface area (Å²) in [5.74, 6) is 1.25. The third-order valence-electron chi connectivity index (χ3n) is 4.17. The second kappa shape index (κ2) is 6.73. The third kappa shape index (κ3) is 3.53. The number of nitrogens with zero attached hydrogens (tertiary/aromatic N) is 2. The lowest BCUT2D eigenvalue weighted by Gasteiger charge is -2.20. The molecule has 0 aliphatic heterocycles. The maximum Gasteiger partial charge on any atom is 0.246 e. The highest BCUT2D eigenvalue weighted by molar-refractivity contribution is 5.78. The second-order valence-electron chi connectivity index (χ2n) is 5.93. The molecule has 3 rings (SSSR count). The summed E-state index contributed by atoms with van der Waals surface area (Å²) >= 11 is 0. The number of carbonyl (C=O) groups excluding carboxylic acids is 1. The zero-order valence-corrected chi connectivity index (χ0v) is 12.8. The first kappa shape index (κ1) is 14.8. The Bertz CT molecular complexity index is 628. The summed E-state index contributed by atoms with van der Waals surface area (Å²) in [6, 6.07) is 7.95. The molecule has 1 N–H and O–H groups in total. The Morgan fingerprint density at radius 1 is 1.23 bits per heavy atom. The minimum atomic E-state index is 0.106. The van der Waals surface area contributed by atoms with Crippen LogP contribution >= 0.6 is 0 Å². The number of rotatable bonds is 4. The van der Waals surface area contributed by atoms with Crippen molar-refractivity contribution < 1.29 is 9.32 Å². The number of amides is 1. The van der Waals surface area contributed by atoms with Crippen LogP contribution in [0.25, 0.3) is 11.4 Å². The van der Waals surface area contributed by atoms with Crippen molar-refractivity contribution in [3.63, 3.8) is 0 Å². The summed E-state index contributed by atoms with van der Waals surface area (Å²) in [4.78, 5) is 16.4. The van der Waals surface area contributed by atoms with Crippen molar-refractivity contribution in [3.8, 4) is 11.4 Å². The number of nitrogens with one attached hydrogen (secondary N) is 1. The van der Waals surface area contributed by atoms with E-state index in [2.05, 4.69) is 15.5 Å². The van der Waals surface area contributed by atoms with Crippen LogP contribution in [-0.2, 0) is 11.3 Å². The molecule has 0 atom stereocenters. The molecule has 0 unspecified atom stereocenters. The molecule has 116 valence electrons. The minimum Gasteiger partial charge on any atom is -0.347 e. The van der Waals surface area contributed by atoms with Crippen LogP contribution in [0.3, 0.4) is 0 Å². The van der Waals surface area contributed by atoms with Crippen molar-refractivity contribution in [2.75, 3.05) is 0 Å². The molecule has 2 aromatic rings. The molecule has 1 heterocycles. The highest BCUT2D eigenvalue weighted by atomic mass is 16.5. The van der Waals surface area contributed by atoms with Crippen molar-refractivity contribution in [3.05, 3.63) is 35.7 Å². The molecule has 1 fully saturated rings. The summed E-state index contributed by atoms with van der Waals surface area (Å²) < 4.78 is 5.21. The normalized spacial score (nSPS) is 15.7. The standard InChI is InChI=1S/C17H21N3O2/c1-12-7-9-13(10-8-12)16-19-15(22-20-16)11-18-17(21)14-5-3-2-4-6-14/h7-10,14H,2-6,11H2,1H3,(H,18,21). The fraction of sp³-hybridized carbons (Fsp3) is 0.471. The van der Waals surface area contributed by atoms with Crippen LogP contribution in [0.1, 0.15) is 43.6 Å². The van der Waals surface area contributed by atoms with Crippen LogP contribution in [0.2, 0.25) is 0 Å². The number of hydrogen-bond acceptors (Lipinski definition) is 4. The van der Waals surface area contributed by atoms with Crippen molar-refractivity contribution in [2.24, 2.45) is 5.92 Å². The Labute approximate surface area is 130 Å². The topological polar surface area (TPSA) is 68.0 Å². The zero-order chi connectivity index (χ0) is 15.4. The van der Waals surface area contributed by atoms with E-state index in [1.165, 1.54) is 12.0 Å². The van der Waals surface area contributed by atoms with E-state index in [0.29, 0.717) is 18.3 Å². The van der Waals surface area contributed by atoms with Gasteiger partial charge in [0.2, 0.25) is 17.6 Å². The molecular formula is C17H21N3O2. The summed E-state index contributed by atoms with van der Waals surface area (Å²) in [6.45, 7) is 2.33. The molecule has 1 amide bonds. The lowest BCUT2D eigenvalue weighted by Crippen LogP contribution is -2.31. The Hall–Kier alpha value is -2.17. The molecule has 0 radical (unpaired) electrons. The van der Waals surface area contributed by atoms with Crippen molar-refractivity contribution in [1.82, 2.24) is 15.5 Å². The smallest absolute Gasteiger partial charge is 0.246 e. The van der Waals surface area contributed by atoms with Crippen LogP contribution in [-0.4, -0.2) is 16.0 Å². The Morgan fingerprint density at radius 3 is 2.68 bits per heavy atom. The van der Waals surface area contributed by atoms with E-state index in [0.717, 1.165) is 31.2 Å². The highest BCUT2D eigenvalue weighted by Gasteiger charge is 2.21. The maximum absolute atomic E-state index is 12.1. The van der Waals surface area contributed by atoms with Gasteiger partial charge < -0.3 is 9.84 Å². The molecule has 0 saturated heterocycles. The summed E-state index contributed by atoms with van der Waals surface area (Å²) in [5, 5.41) is 6.88. The third-order valence-corrected chi connectivity index (χ3v) is 4.17. The molecule has 5 heteroatoms. The highest BCUT2D eigenvalue weighted by Crippen LogP contribution is 2.23. The molecule has 1 aromatic heterocycles. The number of benzene rings is 1. The molecule has 0 spiro atoms. The van der Waals surface area contributed by atoms with Gasteiger partial charge in [0.25, 0.3) is 0 Å². The Balaban J connectivity index is 1.57. The fourth-order valence-electron chi connectivity index (χ4n) is 2.82. The van der Waals surface area contributed by atoms with Crippen LogP contribution in [0.4, 0.5) is 0 Å². The van der Waals surface area contributed by atoms with Crippen molar-refractivity contribution >= 4 is 5.91 Å². The maximum atomic E-state index is 12.1. The van der Waals surface area contributed by atoms with E-state index in [9.17, 15) is 4.79 Å². The first-order valence-electron chi connectivity index (χ1n) is 7.90. The predicted molar refractivity (Wildman–Crippen MR) is 82.9 cm³/mol. The van der Waals surface area contributed by atoms with Gasteiger partial charge in [0.1, 0.15) is 0 Å². The quantitative estimate of drug-likeness (QED) is 0.941. The fourth-order valence-corrected chi connectivity index (χ4v) is 2.82. The average molecular weight is 299 g/mol. The van der Waals surface area contributed by atoms with Gasteiger partial charge in [-0.25, -0.2) is 0 Å². The minimum absolute atomic E-state index is 0.106. The van der Waals surface area contributed by atoms with Gasteiger partial charge in [-0.05, 0) is 19.8 Å². The second-order valence-corrected chi connectivity index (χ2v) is 5.93. The largest absolute Gasteiger partial charge is 0.347 e. The molecule has 22 heavy (non-hydrogen) atoms. The molecular weight excluding hydrogens is 278 g/mol. The molecule has 1 aliphatic carbocycles. The van der Waals surface area contributed by atoms with Gasteiger partial charge in [-0.15, -0.1) is 0 Å². The van der Waals surface area contributed by atoms with E-state index in [1.54, 1.807) is 0 Å². The van der Waals surface area contributed by atoms with Gasteiger partial charge in [0.15, 0.2) is 0 Å². The predicted octanol–water partition coefficient (Wildman–Crippen LogP) is 3.24. The summed E-state index contributed by atoms with van der Waals surface area (Å²) in [6.07, 6.45) is 5.52. The molecule has 1 saturated carbocycles. The van der Waals surface area contributed by atoms with E-state index in [1.807, 2.05) is 31.2 Å². The van der Waals surface area contributed by atoms with Gasteiger partial charge in [-0.1, -0.05) is 54.2 Å². The Morgan fingerprint density at radius 2 is 1.95 bits per heavy atom. The number of carbonyl (C=O) groups is 1. The average Bonchev–Trinajstić information content (AvgIpc) is 3.03. The zero-order valence-electron chi connectivity index (χ0n) is 12.8. The van der Waals surface area contributed by atoms with E-state index in [-0.39, 0.29) is 11.8 Å². The first-order valence-corrected chi connectivity index (χ1v) is 7.90. The first-order chi connectivity index (χ1) is 10.7. The number of hydrogen-bond donors (Lipinski definition) is 1. The molecule has 5 nitrogen and oxygen atoms in total. The molecule has 0 bridgehead atoms. The van der Waals surface area contributed by atoms with E-state index >= 15 is 0 Å². The van der Waals surface area contributed by atoms with Gasteiger partial charge in [-0.3, -0.25) is 4.79 Å². The number of aryl methyl sites for hydroxylation is 1.